The van der Waals surface area contributed by atoms with E-state index in [0.717, 1.165) is 75.5 Å². The molecule has 4 atom stereocenters. The molecule has 3 aliphatic rings. The van der Waals surface area contributed by atoms with E-state index in [1.807, 2.05) is 54.6 Å². The summed E-state index contributed by atoms with van der Waals surface area (Å²) in [5.41, 5.74) is 2.02. The van der Waals surface area contributed by atoms with Crippen LogP contribution >= 0.6 is 0 Å². The summed E-state index contributed by atoms with van der Waals surface area (Å²) < 4.78 is 12.0. The van der Waals surface area contributed by atoms with E-state index in [2.05, 4.69) is 15.5 Å². The van der Waals surface area contributed by atoms with Crippen molar-refractivity contribution in [2.24, 2.45) is 11.8 Å². The normalized spacial score (nSPS) is 25.9. The number of amides is 1. The van der Waals surface area contributed by atoms with Crippen LogP contribution in [-0.2, 0) is 4.74 Å². The maximum atomic E-state index is 12.9. The summed E-state index contributed by atoms with van der Waals surface area (Å²) in [5.74, 6) is 1.91. The maximum absolute atomic E-state index is 12.9. The van der Waals surface area contributed by atoms with E-state index in [0.29, 0.717) is 11.8 Å². The lowest BCUT2D eigenvalue weighted by atomic mass is 9.98. The number of piperidine rings is 2. The van der Waals surface area contributed by atoms with Gasteiger partial charge < -0.3 is 20.1 Å². The molecule has 2 bridgehead atoms. The number of alkyl carbamates (subject to hydrolysis) is 1. The Labute approximate surface area is 190 Å². The fourth-order valence-electron chi connectivity index (χ4n) is 5.21. The van der Waals surface area contributed by atoms with Gasteiger partial charge in [-0.15, -0.1) is 0 Å². The highest BCUT2D eigenvalue weighted by molar-refractivity contribution is 5.69. The van der Waals surface area contributed by atoms with E-state index in [1.165, 1.54) is 0 Å². The lowest BCUT2D eigenvalue weighted by Gasteiger charge is -2.25. The van der Waals surface area contributed by atoms with Crippen molar-refractivity contribution in [3.8, 4) is 5.75 Å². The predicted octanol–water partition coefficient (Wildman–Crippen LogP) is 3.58. The predicted molar refractivity (Wildman–Crippen MR) is 124 cm³/mol. The summed E-state index contributed by atoms with van der Waals surface area (Å²) in [7, 11) is 0. The number of nitrogens with zero attached hydrogens (tertiary/aromatic N) is 1. The summed E-state index contributed by atoms with van der Waals surface area (Å²) in [6.45, 7) is 5.90. The van der Waals surface area contributed by atoms with Gasteiger partial charge >= 0.3 is 6.09 Å². The van der Waals surface area contributed by atoms with Gasteiger partial charge in [0.15, 0.2) is 0 Å². The van der Waals surface area contributed by atoms with Gasteiger partial charge in [-0.1, -0.05) is 42.5 Å². The van der Waals surface area contributed by atoms with Gasteiger partial charge in [0.1, 0.15) is 11.9 Å². The van der Waals surface area contributed by atoms with Gasteiger partial charge in [0, 0.05) is 19.0 Å². The van der Waals surface area contributed by atoms with E-state index >= 15 is 0 Å². The number of hydrogen-bond donors (Lipinski definition) is 2. The Balaban J connectivity index is 1.28. The lowest BCUT2D eigenvalue weighted by molar-refractivity contribution is 0.0673. The summed E-state index contributed by atoms with van der Waals surface area (Å²) in [6.07, 6.45) is 3.08. The highest BCUT2D eigenvalue weighted by Gasteiger charge is 2.40. The first-order valence-electron chi connectivity index (χ1n) is 11.9. The number of carbonyl (C=O) groups is 1. The topological polar surface area (TPSA) is 62.8 Å². The van der Waals surface area contributed by atoms with Gasteiger partial charge in [-0.25, -0.2) is 4.79 Å². The average Bonchev–Trinajstić information content (AvgIpc) is 3.46. The smallest absolute Gasteiger partial charge is 0.408 e. The fourth-order valence-corrected chi connectivity index (χ4v) is 5.21. The van der Waals surface area contributed by atoms with E-state index in [4.69, 9.17) is 9.47 Å². The van der Waals surface area contributed by atoms with Crippen molar-refractivity contribution in [3.63, 3.8) is 0 Å². The van der Waals surface area contributed by atoms with Crippen LogP contribution in [0.15, 0.2) is 54.6 Å². The van der Waals surface area contributed by atoms with Crippen LogP contribution in [0.3, 0.4) is 0 Å². The number of fused-ring (bicyclic) bond motifs is 2. The zero-order chi connectivity index (χ0) is 21.8. The van der Waals surface area contributed by atoms with Crippen LogP contribution in [0, 0.1) is 11.8 Å². The summed E-state index contributed by atoms with van der Waals surface area (Å²) in [6, 6.07) is 17.8. The maximum Gasteiger partial charge on any atom is 0.408 e. The second-order valence-electron chi connectivity index (χ2n) is 9.32. The second-order valence-corrected chi connectivity index (χ2v) is 9.32. The molecule has 3 fully saturated rings. The lowest BCUT2D eigenvalue weighted by Crippen LogP contribution is -2.37. The molecule has 0 radical (unpaired) electrons. The second kappa shape index (κ2) is 9.92. The molecule has 6 heteroatoms. The molecule has 2 N–H and O–H groups in total. The van der Waals surface area contributed by atoms with E-state index in [1.54, 1.807) is 0 Å². The van der Waals surface area contributed by atoms with Gasteiger partial charge in [-0.05, 0) is 68.1 Å². The molecule has 170 valence electrons. The van der Waals surface area contributed by atoms with E-state index in [-0.39, 0.29) is 18.2 Å². The first-order chi connectivity index (χ1) is 15.7. The molecule has 0 saturated carbocycles. The number of benzene rings is 2. The number of ether oxygens (including phenoxy) is 2. The minimum Gasteiger partial charge on any atom is -0.493 e. The quantitative estimate of drug-likeness (QED) is 0.696. The molecule has 5 rings (SSSR count). The van der Waals surface area contributed by atoms with Gasteiger partial charge in [-0.3, -0.25) is 4.90 Å². The number of nitrogens with one attached hydrogen (secondary N) is 2. The average molecular weight is 436 g/mol. The third kappa shape index (κ3) is 5.08. The van der Waals surface area contributed by atoms with Gasteiger partial charge in [-0.2, -0.15) is 0 Å². The molecule has 2 aromatic rings. The number of hydrogen-bond acceptors (Lipinski definition) is 5. The number of carbonyl (C=O) groups excluding carboxylic acids is 1. The molecule has 3 saturated heterocycles. The summed E-state index contributed by atoms with van der Waals surface area (Å²) >= 11 is 0. The van der Waals surface area contributed by atoms with E-state index < -0.39 is 0 Å². The third-order valence-corrected chi connectivity index (χ3v) is 7.06. The van der Waals surface area contributed by atoms with Crippen LogP contribution < -0.4 is 15.4 Å². The monoisotopic (exact) mass is 435 g/mol. The van der Waals surface area contributed by atoms with Crippen molar-refractivity contribution in [1.82, 2.24) is 15.5 Å². The van der Waals surface area contributed by atoms with Crippen LogP contribution in [-0.4, -0.2) is 56.4 Å². The summed E-state index contributed by atoms with van der Waals surface area (Å²) in [5, 5.41) is 6.52. The Kier molecular flexibility index (Phi) is 6.60. The van der Waals surface area contributed by atoms with Crippen molar-refractivity contribution < 1.29 is 14.3 Å². The molecule has 1 amide bonds. The third-order valence-electron chi connectivity index (χ3n) is 7.06. The van der Waals surface area contributed by atoms with Gasteiger partial charge in [0.25, 0.3) is 0 Å². The molecule has 2 aromatic carbocycles. The Bertz CT molecular complexity index is 900. The SMILES string of the molecule is O=C(N[C@@H](c1ccccc1)c1cccc(OCC2CCNCC2)c1)O[C@H]1CN2CCC1C2. The molecule has 0 spiro atoms. The summed E-state index contributed by atoms with van der Waals surface area (Å²) in [4.78, 5) is 15.2. The van der Waals surface area contributed by atoms with Crippen molar-refractivity contribution in [3.05, 3.63) is 65.7 Å². The van der Waals surface area contributed by atoms with Crippen LogP contribution in [0.25, 0.3) is 0 Å². The van der Waals surface area contributed by atoms with Crippen molar-refractivity contribution >= 4 is 6.09 Å². The molecule has 3 heterocycles. The largest absolute Gasteiger partial charge is 0.493 e. The molecule has 6 nitrogen and oxygen atoms in total. The zero-order valence-corrected chi connectivity index (χ0v) is 18.5. The van der Waals surface area contributed by atoms with Gasteiger partial charge in [0.05, 0.1) is 12.6 Å². The minimum atomic E-state index is -0.348. The van der Waals surface area contributed by atoms with E-state index in [9.17, 15) is 4.79 Å². The van der Waals surface area contributed by atoms with Crippen LogP contribution in [0.1, 0.15) is 36.4 Å². The molecule has 3 aliphatic heterocycles. The van der Waals surface area contributed by atoms with Crippen molar-refractivity contribution in [1.29, 1.82) is 0 Å². The molecule has 32 heavy (non-hydrogen) atoms. The van der Waals surface area contributed by atoms with Gasteiger partial charge in [0.2, 0.25) is 0 Å². The minimum absolute atomic E-state index is 0.000163. The molecule has 2 unspecified atom stereocenters. The van der Waals surface area contributed by atoms with Crippen LogP contribution in [0.5, 0.6) is 5.75 Å². The number of rotatable bonds is 7. The molecule has 0 aliphatic carbocycles. The Morgan fingerprint density at radius 1 is 1.03 bits per heavy atom. The Hall–Kier alpha value is -2.57. The van der Waals surface area contributed by atoms with Crippen molar-refractivity contribution in [2.45, 2.75) is 31.4 Å². The Morgan fingerprint density at radius 3 is 2.59 bits per heavy atom. The van der Waals surface area contributed by atoms with Crippen molar-refractivity contribution in [2.75, 3.05) is 39.3 Å². The molecule has 0 aromatic heterocycles. The Morgan fingerprint density at radius 2 is 1.84 bits per heavy atom. The first kappa shape index (κ1) is 21.3. The van der Waals surface area contributed by atoms with Crippen LogP contribution in [0.2, 0.25) is 0 Å². The highest BCUT2D eigenvalue weighted by atomic mass is 16.6. The standard InChI is InChI=1S/C26H33N3O3/c30-26(32-24-17-29-14-11-22(24)16-29)28-25(20-5-2-1-3-6-20)21-7-4-8-23(15-21)31-18-19-9-12-27-13-10-19/h1-8,15,19,22,24-25,27H,9-14,16-18H2,(H,28,30)/t22?,24-,25-/m0/s1. The van der Waals surface area contributed by atoms with Crippen LogP contribution in [0.4, 0.5) is 4.79 Å². The first-order valence-corrected chi connectivity index (χ1v) is 11.9. The highest BCUT2D eigenvalue weighted by Crippen LogP contribution is 2.31. The fraction of sp³-hybridized carbons (Fsp3) is 0.500. The molecular weight excluding hydrogens is 402 g/mol. The zero-order valence-electron chi connectivity index (χ0n) is 18.5. The molecular formula is C26H33N3O3.